The minimum atomic E-state index is -3.50. The number of nitrogens with two attached hydrogens (primary N) is 1. The first kappa shape index (κ1) is 13.9. The van der Waals surface area contributed by atoms with E-state index in [1.807, 2.05) is 0 Å². The number of aryl methyl sites for hydroxylation is 1. The van der Waals surface area contributed by atoms with Crippen molar-refractivity contribution in [1.29, 1.82) is 0 Å². The van der Waals surface area contributed by atoms with Crippen molar-refractivity contribution in [3.8, 4) is 5.75 Å². The highest BCUT2D eigenvalue weighted by Crippen LogP contribution is 2.33. The number of fused-ring (bicyclic) bond motifs is 1. The maximum atomic E-state index is 12.4. The third-order valence-corrected chi connectivity index (χ3v) is 5.43. The zero-order valence-electron chi connectivity index (χ0n) is 11.3. The Labute approximate surface area is 119 Å². The van der Waals surface area contributed by atoms with Crippen LogP contribution in [-0.4, -0.2) is 27.6 Å². The number of rotatable bonds is 5. The molecule has 1 aromatic rings. The molecule has 0 bridgehead atoms. The lowest BCUT2D eigenvalue weighted by atomic mass is 10.1. The summed E-state index contributed by atoms with van der Waals surface area (Å²) in [5.41, 5.74) is 6.63. The summed E-state index contributed by atoms with van der Waals surface area (Å²) in [4.78, 5) is 0.306. The van der Waals surface area contributed by atoms with Crippen LogP contribution in [0.15, 0.2) is 23.1 Å². The molecule has 1 saturated carbocycles. The number of ether oxygens (including phenoxy) is 1. The summed E-state index contributed by atoms with van der Waals surface area (Å²) in [5.74, 6) is 1.20. The van der Waals surface area contributed by atoms with Gasteiger partial charge in [-0.3, -0.25) is 0 Å². The smallest absolute Gasteiger partial charge is 0.240 e. The van der Waals surface area contributed by atoms with E-state index in [0.29, 0.717) is 24.0 Å². The summed E-state index contributed by atoms with van der Waals surface area (Å²) in [6.07, 6.45) is 3.91. The molecule has 3 rings (SSSR count). The molecule has 5 nitrogen and oxygen atoms in total. The van der Waals surface area contributed by atoms with Gasteiger partial charge < -0.3 is 10.5 Å². The minimum absolute atomic E-state index is 0.146. The van der Waals surface area contributed by atoms with Gasteiger partial charge in [-0.2, -0.15) is 0 Å². The Hall–Kier alpha value is -1.11. The predicted molar refractivity (Wildman–Crippen MR) is 76.1 cm³/mol. The molecule has 0 spiro atoms. The van der Waals surface area contributed by atoms with Crippen molar-refractivity contribution >= 4 is 10.0 Å². The summed E-state index contributed by atoms with van der Waals surface area (Å²) in [6, 6.07) is 4.93. The average molecular weight is 296 g/mol. The van der Waals surface area contributed by atoms with E-state index in [1.54, 1.807) is 18.2 Å². The predicted octanol–water partition coefficient (Wildman–Crippen LogP) is 1.03. The number of hydrogen-bond acceptors (Lipinski definition) is 4. The molecule has 0 aromatic heterocycles. The highest BCUT2D eigenvalue weighted by atomic mass is 32.2. The van der Waals surface area contributed by atoms with Gasteiger partial charge in [-0.15, -0.1) is 0 Å². The van der Waals surface area contributed by atoms with Crippen molar-refractivity contribution in [2.45, 2.75) is 36.6 Å². The quantitative estimate of drug-likeness (QED) is 0.850. The van der Waals surface area contributed by atoms with Crippen molar-refractivity contribution in [2.75, 3.05) is 13.2 Å². The van der Waals surface area contributed by atoms with Gasteiger partial charge >= 0.3 is 0 Å². The van der Waals surface area contributed by atoms with Crippen LogP contribution < -0.4 is 15.2 Å². The summed E-state index contributed by atoms with van der Waals surface area (Å²) in [5, 5.41) is 0. The van der Waals surface area contributed by atoms with Gasteiger partial charge in [0.1, 0.15) is 5.75 Å². The molecule has 2 aliphatic rings. The van der Waals surface area contributed by atoms with Gasteiger partial charge in [-0.1, -0.05) is 0 Å². The van der Waals surface area contributed by atoms with Crippen LogP contribution in [0.25, 0.3) is 0 Å². The lowest BCUT2D eigenvalue weighted by Gasteiger charge is -2.19. The Bertz CT molecular complexity index is 596. The van der Waals surface area contributed by atoms with Crippen LogP contribution >= 0.6 is 0 Å². The van der Waals surface area contributed by atoms with E-state index < -0.39 is 10.0 Å². The van der Waals surface area contributed by atoms with Crippen LogP contribution in [-0.2, 0) is 16.4 Å². The molecule has 1 aromatic carbocycles. The van der Waals surface area contributed by atoms with E-state index in [1.165, 1.54) is 0 Å². The minimum Gasteiger partial charge on any atom is -0.493 e. The van der Waals surface area contributed by atoms with Crippen molar-refractivity contribution in [3.63, 3.8) is 0 Å². The fourth-order valence-corrected chi connectivity index (χ4v) is 3.97. The van der Waals surface area contributed by atoms with Crippen LogP contribution in [0, 0.1) is 5.92 Å². The van der Waals surface area contributed by atoms with Crippen molar-refractivity contribution < 1.29 is 13.2 Å². The van der Waals surface area contributed by atoms with E-state index in [4.69, 9.17) is 10.5 Å². The van der Waals surface area contributed by atoms with Crippen LogP contribution in [0.4, 0.5) is 0 Å². The summed E-state index contributed by atoms with van der Waals surface area (Å²) < 4.78 is 33.1. The molecule has 110 valence electrons. The molecule has 1 aliphatic carbocycles. The first-order chi connectivity index (χ1) is 9.60. The van der Waals surface area contributed by atoms with Gasteiger partial charge in [0.05, 0.1) is 11.5 Å². The number of hydrogen-bond donors (Lipinski definition) is 2. The lowest BCUT2D eigenvalue weighted by Crippen LogP contribution is -2.41. The van der Waals surface area contributed by atoms with Crippen LogP contribution in [0.3, 0.4) is 0 Å². The van der Waals surface area contributed by atoms with Crippen LogP contribution in [0.1, 0.15) is 24.8 Å². The van der Waals surface area contributed by atoms with E-state index >= 15 is 0 Å². The van der Waals surface area contributed by atoms with Gasteiger partial charge in [0.2, 0.25) is 10.0 Å². The summed E-state index contributed by atoms with van der Waals surface area (Å²) in [7, 11) is -3.50. The number of nitrogens with one attached hydrogen (secondary N) is 1. The Morgan fingerprint density at radius 1 is 1.40 bits per heavy atom. The standard InChI is InChI=1S/C14H20N2O3S/c15-9-13(10-3-4-10)16-20(17,18)12-5-6-14-11(8-12)2-1-7-19-14/h5-6,8,10,13,16H,1-4,7,9,15H2. The van der Waals surface area contributed by atoms with E-state index in [9.17, 15) is 8.42 Å². The number of sulfonamides is 1. The van der Waals surface area contributed by atoms with Crippen molar-refractivity contribution in [2.24, 2.45) is 11.7 Å². The maximum absolute atomic E-state index is 12.4. The molecular weight excluding hydrogens is 276 g/mol. The molecule has 6 heteroatoms. The molecule has 0 saturated heterocycles. The van der Waals surface area contributed by atoms with E-state index in [-0.39, 0.29) is 6.04 Å². The third-order valence-electron chi connectivity index (χ3n) is 3.94. The Morgan fingerprint density at radius 2 is 2.20 bits per heavy atom. The molecule has 20 heavy (non-hydrogen) atoms. The molecule has 1 heterocycles. The molecule has 0 amide bonds. The van der Waals surface area contributed by atoms with Crippen LogP contribution in [0.2, 0.25) is 0 Å². The zero-order valence-corrected chi connectivity index (χ0v) is 12.2. The molecule has 1 aliphatic heterocycles. The first-order valence-corrected chi connectivity index (χ1v) is 8.56. The molecule has 1 atom stereocenters. The van der Waals surface area contributed by atoms with Crippen molar-refractivity contribution in [1.82, 2.24) is 4.72 Å². The van der Waals surface area contributed by atoms with Gasteiger partial charge in [0.25, 0.3) is 0 Å². The SMILES string of the molecule is NCC(NS(=O)(=O)c1ccc2c(c1)CCCO2)C1CC1. The fourth-order valence-electron chi connectivity index (χ4n) is 2.61. The first-order valence-electron chi connectivity index (χ1n) is 7.08. The van der Waals surface area contributed by atoms with Gasteiger partial charge in [0.15, 0.2) is 0 Å². The molecule has 0 radical (unpaired) electrons. The second-order valence-electron chi connectivity index (χ2n) is 5.52. The Kier molecular flexibility index (Phi) is 3.70. The van der Waals surface area contributed by atoms with E-state index in [2.05, 4.69) is 4.72 Å². The summed E-state index contributed by atoms with van der Waals surface area (Å²) >= 11 is 0. The highest BCUT2D eigenvalue weighted by molar-refractivity contribution is 7.89. The monoisotopic (exact) mass is 296 g/mol. The molecule has 1 unspecified atom stereocenters. The zero-order chi connectivity index (χ0) is 14.2. The van der Waals surface area contributed by atoms with Gasteiger partial charge in [-0.05, 0) is 55.4 Å². The fraction of sp³-hybridized carbons (Fsp3) is 0.571. The maximum Gasteiger partial charge on any atom is 0.240 e. The second-order valence-corrected chi connectivity index (χ2v) is 7.24. The Balaban J connectivity index is 1.83. The van der Waals surface area contributed by atoms with Gasteiger partial charge in [0, 0.05) is 12.6 Å². The molecule has 3 N–H and O–H groups in total. The second kappa shape index (κ2) is 5.35. The highest BCUT2D eigenvalue weighted by Gasteiger charge is 2.33. The van der Waals surface area contributed by atoms with E-state index in [0.717, 1.165) is 37.0 Å². The number of benzene rings is 1. The molecule has 1 fully saturated rings. The normalized spacial score (nSPS) is 20.1. The third kappa shape index (κ3) is 2.82. The lowest BCUT2D eigenvalue weighted by molar-refractivity contribution is 0.288. The molecular formula is C14H20N2O3S. The average Bonchev–Trinajstić information content (AvgIpc) is 3.29. The van der Waals surface area contributed by atoms with Gasteiger partial charge in [-0.25, -0.2) is 13.1 Å². The van der Waals surface area contributed by atoms with Crippen molar-refractivity contribution in [3.05, 3.63) is 23.8 Å². The van der Waals surface area contributed by atoms with Crippen LogP contribution in [0.5, 0.6) is 5.75 Å². The largest absolute Gasteiger partial charge is 0.493 e. The topological polar surface area (TPSA) is 81.4 Å². The summed E-state index contributed by atoms with van der Waals surface area (Å²) in [6.45, 7) is 1.05. The Morgan fingerprint density at radius 3 is 2.90 bits per heavy atom.